The summed E-state index contributed by atoms with van der Waals surface area (Å²) in [5, 5.41) is 109. The molecule has 460 valence electrons. The monoisotopic (exact) mass is 1150 g/mol. The van der Waals surface area contributed by atoms with Crippen molar-refractivity contribution in [3.05, 3.63) is 29.8 Å². The number of nitrogens with one attached hydrogen (secondary N) is 7. The number of aromatic hydroxyl groups is 1. The number of amides is 7. The number of unbranched alkanes of at least 4 members (excludes halogenated alkanes) is 5. The lowest BCUT2D eigenvalue weighted by Gasteiger charge is -2.35. The quantitative estimate of drug-likeness (QED) is 0.0437. The average molecular weight is 1150 g/mol. The normalized spacial score (nSPS) is 27.9. The van der Waals surface area contributed by atoms with Gasteiger partial charge in [0.1, 0.15) is 54.2 Å². The van der Waals surface area contributed by atoms with Gasteiger partial charge in [0.25, 0.3) is 0 Å². The molecule has 3 fully saturated rings. The Bertz CT molecular complexity index is 2160. The molecule has 0 spiro atoms. The van der Waals surface area contributed by atoms with Crippen LogP contribution in [0, 0.1) is 11.8 Å². The van der Waals surface area contributed by atoms with Crippen molar-refractivity contribution >= 4 is 41.4 Å². The van der Waals surface area contributed by atoms with E-state index in [0.29, 0.717) is 18.3 Å². The summed E-state index contributed by atoms with van der Waals surface area (Å²) >= 11 is 0. The van der Waals surface area contributed by atoms with Crippen molar-refractivity contribution in [2.45, 2.75) is 222 Å². The van der Waals surface area contributed by atoms with Crippen LogP contribution in [-0.2, 0) is 33.6 Å². The SMILES string of the molecule is CCC(C)CC(C)CCCCCCCCC(=O)NC1CC(O)C(CNCCN)NC(=O)C2C(O)CCN2C(=O)C(C(O)CCNC(C)C)NC(=O)C(C(O)C(O)c2ccc(O)cc2)NC(=O)C2CC(O)CN2C(=O)C(C(C)O)NC1=O. The molecule has 0 radical (unpaired) electrons. The second kappa shape index (κ2) is 33.9. The lowest BCUT2D eigenvalue weighted by atomic mass is 9.91. The second-order valence-corrected chi connectivity index (χ2v) is 23.0. The molecule has 16 unspecified atom stereocenters. The Balaban J connectivity index is 1.76. The fourth-order valence-electron chi connectivity index (χ4n) is 10.8. The minimum Gasteiger partial charge on any atom is -0.508 e. The molecule has 0 aromatic heterocycles. The third-order valence-corrected chi connectivity index (χ3v) is 15.7. The molecule has 3 aliphatic rings. The molecule has 4 rings (SSSR count). The van der Waals surface area contributed by atoms with Gasteiger partial charge in [0.2, 0.25) is 41.4 Å². The first-order chi connectivity index (χ1) is 38.4. The smallest absolute Gasteiger partial charge is 0.248 e. The van der Waals surface area contributed by atoms with Crippen molar-refractivity contribution in [3.63, 3.8) is 0 Å². The van der Waals surface area contributed by atoms with Crippen LogP contribution in [0.25, 0.3) is 0 Å². The Morgan fingerprint density at radius 2 is 1.35 bits per heavy atom. The Labute approximate surface area is 476 Å². The molecule has 25 heteroatoms. The topological polar surface area (TPSA) is 398 Å². The van der Waals surface area contributed by atoms with Crippen LogP contribution in [0.2, 0.25) is 0 Å². The molecule has 0 bridgehead atoms. The van der Waals surface area contributed by atoms with Crippen LogP contribution >= 0.6 is 0 Å². The number of carbonyl (C=O) groups excluding carboxylic acids is 7. The predicted octanol–water partition coefficient (Wildman–Crippen LogP) is -2.23. The van der Waals surface area contributed by atoms with E-state index in [1.54, 1.807) is 0 Å². The number of carbonyl (C=O) groups is 7. The molecule has 17 N–H and O–H groups in total. The number of phenols is 1. The van der Waals surface area contributed by atoms with Crippen molar-refractivity contribution < 1.29 is 74.4 Å². The van der Waals surface area contributed by atoms with Gasteiger partial charge >= 0.3 is 0 Å². The molecular weight excluding hydrogens is 1050 g/mol. The van der Waals surface area contributed by atoms with E-state index in [4.69, 9.17) is 5.73 Å². The van der Waals surface area contributed by atoms with Crippen LogP contribution in [0.5, 0.6) is 5.75 Å². The number of hydrogen-bond donors (Lipinski definition) is 16. The fraction of sp³-hybridized carbons (Fsp3) is 0.768. The standard InChI is InChI=1S/C56H96N10O15/c1-7-32(4)26-33(5)14-12-10-8-9-11-13-15-44(73)60-38-28-43(72)39(29-58-24-22-57)61-54(79)48-42(71)21-25-65(48)56(81)46(41(70)20-23-59-31(2)3)63-53(78)47(50(75)49(74)35-16-18-36(68)19-17-35)64-52(77)40-27-37(69)30-66(40)55(80)45(34(6)67)62-51(38)76/h16-19,31-34,37-43,45-50,58-59,67-72,74-75H,7-15,20-30,57H2,1-6H3,(H,60,73)(H,61,79)(H,62,76)(H,63,78)(H,64,77). The molecule has 1 aromatic rings. The highest BCUT2D eigenvalue weighted by Gasteiger charge is 2.49. The maximum atomic E-state index is 14.9. The highest BCUT2D eigenvalue weighted by Crippen LogP contribution is 2.27. The van der Waals surface area contributed by atoms with E-state index in [9.17, 15) is 74.4 Å². The Hall–Kier alpha value is -5.09. The minimum absolute atomic E-state index is 0.0162. The van der Waals surface area contributed by atoms with E-state index in [-0.39, 0.29) is 69.3 Å². The van der Waals surface area contributed by atoms with E-state index in [1.165, 1.54) is 37.6 Å². The summed E-state index contributed by atoms with van der Waals surface area (Å²) in [6, 6.07) is -7.63. The number of aliphatic hydroxyl groups is 7. The molecule has 1 aromatic carbocycles. The van der Waals surface area contributed by atoms with Gasteiger partial charge in [-0.1, -0.05) is 91.7 Å². The fourth-order valence-corrected chi connectivity index (χ4v) is 10.8. The van der Waals surface area contributed by atoms with Gasteiger partial charge in [-0.15, -0.1) is 0 Å². The largest absolute Gasteiger partial charge is 0.508 e. The van der Waals surface area contributed by atoms with Gasteiger partial charge in [0.05, 0.1) is 36.6 Å². The molecule has 7 amide bonds. The number of benzene rings is 1. The number of aliphatic hydroxyl groups excluding tert-OH is 7. The molecular formula is C56H96N10O15. The highest BCUT2D eigenvalue weighted by molar-refractivity contribution is 5.98. The minimum atomic E-state index is -2.27. The summed E-state index contributed by atoms with van der Waals surface area (Å²) < 4.78 is 0. The summed E-state index contributed by atoms with van der Waals surface area (Å²) in [5.74, 6) is -6.22. The molecule has 16 atom stereocenters. The zero-order valence-electron chi connectivity index (χ0n) is 48.2. The van der Waals surface area contributed by atoms with Crippen LogP contribution in [-0.4, -0.2) is 216 Å². The van der Waals surface area contributed by atoms with Crippen LogP contribution < -0.4 is 43.0 Å². The first-order valence-electron chi connectivity index (χ1n) is 29.2. The van der Waals surface area contributed by atoms with E-state index in [0.717, 1.165) is 54.7 Å². The number of nitrogens with zero attached hydrogens (tertiary/aromatic N) is 2. The van der Waals surface area contributed by atoms with Crippen LogP contribution in [0.4, 0.5) is 0 Å². The molecule has 81 heavy (non-hydrogen) atoms. The van der Waals surface area contributed by atoms with Crippen molar-refractivity contribution in [2.75, 3.05) is 39.3 Å². The Morgan fingerprint density at radius 3 is 1.99 bits per heavy atom. The molecule has 25 nitrogen and oxygen atoms in total. The average Bonchev–Trinajstić information content (AvgIpc) is 4.02. The number of phenolic OH excluding ortho intramolecular Hbond substituents is 1. The van der Waals surface area contributed by atoms with Crippen LogP contribution in [0.15, 0.2) is 24.3 Å². The third kappa shape index (κ3) is 20.9. The zero-order chi connectivity index (χ0) is 60.1. The van der Waals surface area contributed by atoms with E-state index >= 15 is 0 Å². The third-order valence-electron chi connectivity index (χ3n) is 15.7. The number of nitrogens with two attached hydrogens (primary N) is 1. The predicted molar refractivity (Wildman–Crippen MR) is 299 cm³/mol. The summed E-state index contributed by atoms with van der Waals surface area (Å²) in [4.78, 5) is 103. The zero-order valence-corrected chi connectivity index (χ0v) is 48.2. The van der Waals surface area contributed by atoms with Gasteiger partial charge in [-0.25, -0.2) is 0 Å². The van der Waals surface area contributed by atoms with Gasteiger partial charge in [0.15, 0.2) is 0 Å². The van der Waals surface area contributed by atoms with Crippen LogP contribution in [0.3, 0.4) is 0 Å². The lowest BCUT2D eigenvalue weighted by molar-refractivity contribution is -0.148. The number of rotatable bonds is 26. The van der Waals surface area contributed by atoms with Gasteiger partial charge in [0, 0.05) is 58.0 Å². The summed E-state index contributed by atoms with van der Waals surface area (Å²) in [6.07, 6.45) is -5.02. The maximum absolute atomic E-state index is 14.9. The van der Waals surface area contributed by atoms with Gasteiger partial charge < -0.3 is 93.6 Å². The van der Waals surface area contributed by atoms with Gasteiger partial charge in [-0.3, -0.25) is 33.6 Å². The first-order valence-corrected chi connectivity index (χ1v) is 29.2. The van der Waals surface area contributed by atoms with E-state index in [2.05, 4.69) is 58.0 Å². The van der Waals surface area contributed by atoms with E-state index in [1.807, 2.05) is 13.8 Å². The van der Waals surface area contributed by atoms with Crippen molar-refractivity contribution in [3.8, 4) is 5.75 Å². The summed E-state index contributed by atoms with van der Waals surface area (Å²) in [5.41, 5.74) is 5.72. The van der Waals surface area contributed by atoms with Crippen LogP contribution in [0.1, 0.15) is 143 Å². The molecule has 3 aliphatic heterocycles. The Kier molecular flexibility index (Phi) is 28.6. The lowest BCUT2D eigenvalue weighted by Crippen LogP contribution is -2.64. The van der Waals surface area contributed by atoms with Gasteiger partial charge in [-0.2, -0.15) is 0 Å². The van der Waals surface area contributed by atoms with Crippen molar-refractivity contribution in [1.82, 2.24) is 47.0 Å². The highest BCUT2D eigenvalue weighted by atomic mass is 16.3. The maximum Gasteiger partial charge on any atom is 0.248 e. The summed E-state index contributed by atoms with van der Waals surface area (Å²) in [6.45, 7) is 11.0. The molecule has 3 saturated heterocycles. The van der Waals surface area contributed by atoms with Crippen molar-refractivity contribution in [2.24, 2.45) is 17.6 Å². The molecule has 0 saturated carbocycles. The molecule has 3 heterocycles. The number of hydrogen-bond acceptors (Lipinski definition) is 18. The van der Waals surface area contributed by atoms with E-state index < -0.39 is 146 Å². The molecule has 0 aliphatic carbocycles. The second-order valence-electron chi connectivity index (χ2n) is 23.0. The Morgan fingerprint density at radius 1 is 0.716 bits per heavy atom. The number of fused-ring (bicyclic) bond motifs is 2. The van der Waals surface area contributed by atoms with Crippen molar-refractivity contribution in [1.29, 1.82) is 0 Å². The van der Waals surface area contributed by atoms with Gasteiger partial charge in [-0.05, 0) is 68.7 Å². The first kappa shape index (κ1) is 68.4. The summed E-state index contributed by atoms with van der Waals surface area (Å²) in [7, 11) is 0.